The number of likely N-dealkylation sites (tertiary alicyclic amines) is 1. The summed E-state index contributed by atoms with van der Waals surface area (Å²) in [5.41, 5.74) is 2.24. The first-order valence-electron chi connectivity index (χ1n) is 8.57. The fourth-order valence-electron chi connectivity index (χ4n) is 3.27. The highest BCUT2D eigenvalue weighted by atomic mass is 16.2. The summed E-state index contributed by atoms with van der Waals surface area (Å²) in [6, 6.07) is 6.11. The Balaban J connectivity index is 1.59. The molecule has 0 aliphatic carbocycles. The molecule has 1 atom stereocenters. The predicted molar refractivity (Wildman–Crippen MR) is 93.9 cm³/mol. The number of anilines is 1. The summed E-state index contributed by atoms with van der Waals surface area (Å²) >= 11 is 0. The summed E-state index contributed by atoms with van der Waals surface area (Å²) < 4.78 is 1.84. The van der Waals surface area contributed by atoms with Gasteiger partial charge in [0.25, 0.3) is 0 Å². The lowest BCUT2D eigenvalue weighted by Gasteiger charge is -2.33. The Morgan fingerprint density at radius 2 is 2.29 bits per heavy atom. The van der Waals surface area contributed by atoms with Crippen molar-refractivity contribution in [1.29, 1.82) is 0 Å². The molecule has 2 aromatic heterocycles. The van der Waals surface area contributed by atoms with Gasteiger partial charge in [0.05, 0.1) is 5.69 Å². The van der Waals surface area contributed by atoms with E-state index >= 15 is 0 Å². The van der Waals surface area contributed by atoms with Gasteiger partial charge in [0.1, 0.15) is 5.82 Å². The maximum absolute atomic E-state index is 12.5. The van der Waals surface area contributed by atoms with E-state index < -0.39 is 0 Å². The molecule has 6 nitrogen and oxygen atoms in total. The average molecular weight is 327 g/mol. The number of amides is 1. The van der Waals surface area contributed by atoms with Crippen molar-refractivity contribution in [3.63, 3.8) is 0 Å². The van der Waals surface area contributed by atoms with Gasteiger partial charge in [-0.05, 0) is 43.5 Å². The highest BCUT2D eigenvalue weighted by molar-refractivity contribution is 5.76. The molecule has 1 fully saturated rings. The van der Waals surface area contributed by atoms with Crippen LogP contribution in [0.15, 0.2) is 30.6 Å². The molecule has 1 amide bonds. The van der Waals surface area contributed by atoms with Crippen LogP contribution >= 0.6 is 0 Å². The number of carbonyl (C=O) groups excluding carboxylic acids is 1. The fourth-order valence-corrected chi connectivity index (χ4v) is 3.27. The smallest absolute Gasteiger partial charge is 0.224 e. The third-order valence-corrected chi connectivity index (χ3v) is 4.61. The van der Waals surface area contributed by atoms with E-state index in [1.807, 2.05) is 42.0 Å². The minimum absolute atomic E-state index is 0.218. The van der Waals surface area contributed by atoms with Gasteiger partial charge < -0.3 is 10.2 Å². The number of hydrogen-bond acceptors (Lipinski definition) is 4. The van der Waals surface area contributed by atoms with Crippen LogP contribution in [0.1, 0.15) is 36.4 Å². The van der Waals surface area contributed by atoms with E-state index in [4.69, 9.17) is 0 Å². The molecule has 3 rings (SSSR count). The minimum atomic E-state index is 0.218. The van der Waals surface area contributed by atoms with Gasteiger partial charge in [-0.2, -0.15) is 5.10 Å². The van der Waals surface area contributed by atoms with Gasteiger partial charge in [-0.1, -0.05) is 0 Å². The minimum Gasteiger partial charge on any atom is -0.373 e. The van der Waals surface area contributed by atoms with E-state index in [1.165, 1.54) is 5.56 Å². The molecule has 0 aromatic carbocycles. The van der Waals surface area contributed by atoms with E-state index in [-0.39, 0.29) is 5.91 Å². The lowest BCUT2D eigenvalue weighted by atomic mass is 9.91. The van der Waals surface area contributed by atoms with Gasteiger partial charge in [0.2, 0.25) is 5.91 Å². The first-order valence-corrected chi connectivity index (χ1v) is 8.57. The Bertz CT molecular complexity index is 696. The number of piperidine rings is 1. The predicted octanol–water partition coefficient (Wildman–Crippen LogP) is 2.42. The Morgan fingerprint density at radius 1 is 1.42 bits per heavy atom. The Labute approximate surface area is 142 Å². The average Bonchev–Trinajstić information content (AvgIpc) is 3.05. The van der Waals surface area contributed by atoms with Crippen LogP contribution in [0.25, 0.3) is 0 Å². The standard InChI is InChI=1S/C18H25N5O/c1-14-6-10-23(21-14)11-7-18(24)22-9-3-4-16(13-22)15-5-8-20-17(12-15)19-2/h5-6,8,10,12,16H,3-4,7,9,11,13H2,1-2H3,(H,19,20)/t16-/m0/s1. The van der Waals surface area contributed by atoms with Gasteiger partial charge in [0.15, 0.2) is 0 Å². The van der Waals surface area contributed by atoms with Crippen LogP contribution in [0, 0.1) is 6.92 Å². The highest BCUT2D eigenvalue weighted by Crippen LogP contribution is 2.28. The monoisotopic (exact) mass is 327 g/mol. The third kappa shape index (κ3) is 3.93. The second-order valence-electron chi connectivity index (χ2n) is 6.37. The Kier molecular flexibility index (Phi) is 5.13. The molecule has 24 heavy (non-hydrogen) atoms. The summed E-state index contributed by atoms with van der Waals surface area (Å²) in [6.07, 6.45) is 6.44. The second-order valence-corrected chi connectivity index (χ2v) is 6.37. The molecular weight excluding hydrogens is 302 g/mol. The van der Waals surface area contributed by atoms with Crippen LogP contribution < -0.4 is 5.32 Å². The molecule has 0 saturated carbocycles. The molecule has 1 aliphatic heterocycles. The fraction of sp³-hybridized carbons (Fsp3) is 0.500. The molecule has 0 radical (unpaired) electrons. The molecule has 6 heteroatoms. The van der Waals surface area contributed by atoms with Crippen molar-refractivity contribution in [2.24, 2.45) is 0 Å². The topological polar surface area (TPSA) is 63.1 Å². The maximum atomic E-state index is 12.5. The Morgan fingerprint density at radius 3 is 3.04 bits per heavy atom. The van der Waals surface area contributed by atoms with Crippen LogP contribution in [0.4, 0.5) is 5.82 Å². The summed E-state index contributed by atoms with van der Waals surface area (Å²) in [7, 11) is 1.87. The normalized spacial score (nSPS) is 17.8. The zero-order valence-corrected chi connectivity index (χ0v) is 14.4. The molecule has 3 heterocycles. The van der Waals surface area contributed by atoms with Gasteiger partial charge in [-0.15, -0.1) is 0 Å². The van der Waals surface area contributed by atoms with Gasteiger partial charge in [-0.25, -0.2) is 4.98 Å². The van der Waals surface area contributed by atoms with Crippen LogP contribution in [0.2, 0.25) is 0 Å². The highest BCUT2D eigenvalue weighted by Gasteiger charge is 2.24. The van der Waals surface area contributed by atoms with Crippen LogP contribution in [-0.4, -0.2) is 45.7 Å². The maximum Gasteiger partial charge on any atom is 0.224 e. The molecule has 0 unspecified atom stereocenters. The van der Waals surface area contributed by atoms with E-state index in [2.05, 4.69) is 27.5 Å². The molecule has 2 aromatic rings. The van der Waals surface area contributed by atoms with E-state index in [9.17, 15) is 4.79 Å². The first-order chi connectivity index (χ1) is 11.7. The van der Waals surface area contributed by atoms with E-state index in [1.54, 1.807) is 0 Å². The summed E-state index contributed by atoms with van der Waals surface area (Å²) in [6.45, 7) is 4.26. The largest absolute Gasteiger partial charge is 0.373 e. The van der Waals surface area contributed by atoms with Crippen molar-refractivity contribution in [3.8, 4) is 0 Å². The molecule has 1 saturated heterocycles. The van der Waals surface area contributed by atoms with Crippen molar-refractivity contribution < 1.29 is 4.79 Å². The summed E-state index contributed by atoms with van der Waals surface area (Å²) in [4.78, 5) is 18.8. The van der Waals surface area contributed by atoms with Crippen LogP contribution in [-0.2, 0) is 11.3 Å². The second kappa shape index (κ2) is 7.47. The lowest BCUT2D eigenvalue weighted by Crippen LogP contribution is -2.39. The van der Waals surface area contributed by atoms with Crippen molar-refractivity contribution in [3.05, 3.63) is 41.9 Å². The number of aryl methyl sites for hydroxylation is 2. The van der Waals surface area contributed by atoms with Crippen molar-refractivity contribution in [2.45, 2.75) is 38.6 Å². The molecular formula is C18H25N5O. The van der Waals surface area contributed by atoms with Crippen molar-refractivity contribution >= 4 is 11.7 Å². The van der Waals surface area contributed by atoms with Gasteiger partial charge >= 0.3 is 0 Å². The number of carbonyl (C=O) groups is 1. The molecule has 0 bridgehead atoms. The molecule has 0 spiro atoms. The third-order valence-electron chi connectivity index (χ3n) is 4.61. The molecule has 1 aliphatic rings. The van der Waals surface area contributed by atoms with E-state index in [0.29, 0.717) is 18.9 Å². The zero-order valence-electron chi connectivity index (χ0n) is 14.4. The number of rotatable bonds is 5. The molecule has 1 N–H and O–H groups in total. The number of nitrogens with zero attached hydrogens (tertiary/aromatic N) is 4. The number of pyridine rings is 1. The number of aromatic nitrogens is 3. The van der Waals surface area contributed by atoms with Crippen molar-refractivity contribution in [2.75, 3.05) is 25.5 Å². The van der Waals surface area contributed by atoms with Gasteiger partial charge in [-0.3, -0.25) is 9.48 Å². The van der Waals surface area contributed by atoms with Gasteiger partial charge in [0, 0.05) is 51.4 Å². The SMILES string of the molecule is CNc1cc([C@H]2CCCN(C(=O)CCn3ccc(C)n3)C2)ccn1. The first kappa shape index (κ1) is 16.5. The number of hydrogen-bond donors (Lipinski definition) is 1. The Hall–Kier alpha value is -2.37. The number of nitrogens with one attached hydrogen (secondary N) is 1. The van der Waals surface area contributed by atoms with Crippen LogP contribution in [0.5, 0.6) is 0 Å². The lowest BCUT2D eigenvalue weighted by molar-refractivity contribution is -0.132. The summed E-state index contributed by atoms with van der Waals surface area (Å²) in [5, 5.41) is 7.42. The summed E-state index contributed by atoms with van der Waals surface area (Å²) in [5.74, 6) is 1.49. The van der Waals surface area contributed by atoms with Crippen molar-refractivity contribution in [1.82, 2.24) is 19.7 Å². The zero-order chi connectivity index (χ0) is 16.9. The van der Waals surface area contributed by atoms with Crippen LogP contribution in [0.3, 0.4) is 0 Å². The quantitative estimate of drug-likeness (QED) is 0.916. The van der Waals surface area contributed by atoms with E-state index in [0.717, 1.165) is 37.4 Å². The molecule has 128 valence electrons.